The van der Waals surface area contributed by atoms with Crippen molar-refractivity contribution >= 4 is 34.2 Å². The van der Waals surface area contributed by atoms with E-state index in [1.807, 2.05) is 31.2 Å². The summed E-state index contributed by atoms with van der Waals surface area (Å²) < 4.78 is 1.05. The predicted octanol–water partition coefficient (Wildman–Crippen LogP) is 2.34. The van der Waals surface area contributed by atoms with Gasteiger partial charge in [-0.05, 0) is 31.5 Å². The third-order valence-corrected chi connectivity index (χ3v) is 4.26. The number of halogens is 2. The van der Waals surface area contributed by atoms with Crippen LogP contribution in [-0.2, 0) is 4.79 Å². The molecule has 0 bridgehead atoms. The normalized spacial score (nSPS) is 20.4. The number of amides is 1. The van der Waals surface area contributed by atoms with Crippen molar-refractivity contribution in [3.63, 3.8) is 0 Å². The molecule has 6 heteroatoms. The van der Waals surface area contributed by atoms with Crippen LogP contribution in [0.15, 0.2) is 28.7 Å². The maximum Gasteiger partial charge on any atom is 0.234 e. The highest BCUT2D eigenvalue weighted by Gasteiger charge is 2.20. The number of nitrogens with one attached hydrogen (secondary N) is 2. The van der Waals surface area contributed by atoms with Gasteiger partial charge in [0.25, 0.3) is 0 Å². The molecule has 1 aliphatic rings. The van der Waals surface area contributed by atoms with Gasteiger partial charge in [-0.1, -0.05) is 28.1 Å². The summed E-state index contributed by atoms with van der Waals surface area (Å²) in [4.78, 5) is 14.3. The molecule has 2 atom stereocenters. The maximum atomic E-state index is 12.1. The number of carbonyl (C=O) groups excluding carboxylic acids is 1. The first-order valence-electron chi connectivity index (χ1n) is 7.06. The van der Waals surface area contributed by atoms with E-state index in [0.717, 1.165) is 29.7 Å². The zero-order valence-electron chi connectivity index (χ0n) is 12.4. The molecular weight excluding hydrogens is 354 g/mol. The number of benzene rings is 1. The van der Waals surface area contributed by atoms with E-state index in [2.05, 4.69) is 38.4 Å². The largest absolute Gasteiger partial charge is 0.348 e. The van der Waals surface area contributed by atoms with E-state index in [1.54, 1.807) is 0 Å². The smallest absolute Gasteiger partial charge is 0.234 e. The van der Waals surface area contributed by atoms with Crippen LogP contribution in [-0.4, -0.2) is 43.0 Å². The Kier molecular flexibility index (Phi) is 7.66. The molecule has 4 nitrogen and oxygen atoms in total. The zero-order valence-corrected chi connectivity index (χ0v) is 14.8. The molecule has 1 aliphatic heterocycles. The third kappa shape index (κ3) is 5.58. The van der Waals surface area contributed by atoms with Gasteiger partial charge in [0.05, 0.1) is 12.6 Å². The minimum absolute atomic E-state index is 0. The summed E-state index contributed by atoms with van der Waals surface area (Å²) in [6.07, 6.45) is 0. The monoisotopic (exact) mass is 375 g/mol. The van der Waals surface area contributed by atoms with Gasteiger partial charge in [0, 0.05) is 30.1 Å². The second-order valence-electron chi connectivity index (χ2n) is 5.36. The van der Waals surface area contributed by atoms with E-state index in [4.69, 9.17) is 0 Å². The topological polar surface area (TPSA) is 44.4 Å². The van der Waals surface area contributed by atoms with Crippen LogP contribution in [0.3, 0.4) is 0 Å². The number of hydrogen-bond acceptors (Lipinski definition) is 3. The lowest BCUT2D eigenvalue weighted by Crippen LogP contribution is -2.52. The van der Waals surface area contributed by atoms with Crippen molar-refractivity contribution in [2.45, 2.75) is 25.9 Å². The molecule has 21 heavy (non-hydrogen) atoms. The van der Waals surface area contributed by atoms with Crippen molar-refractivity contribution in [3.8, 4) is 0 Å². The maximum absolute atomic E-state index is 12.1. The summed E-state index contributed by atoms with van der Waals surface area (Å²) in [6, 6.07) is 8.50. The van der Waals surface area contributed by atoms with Crippen LogP contribution < -0.4 is 10.6 Å². The van der Waals surface area contributed by atoms with Gasteiger partial charge in [0.15, 0.2) is 0 Å². The molecule has 0 aliphatic carbocycles. The van der Waals surface area contributed by atoms with Gasteiger partial charge in [0.1, 0.15) is 0 Å². The van der Waals surface area contributed by atoms with Crippen molar-refractivity contribution in [2.24, 2.45) is 0 Å². The Labute approximate surface area is 141 Å². The molecule has 0 aromatic heterocycles. The zero-order chi connectivity index (χ0) is 14.5. The average Bonchev–Trinajstić information content (AvgIpc) is 2.42. The van der Waals surface area contributed by atoms with Gasteiger partial charge in [-0.15, -0.1) is 12.4 Å². The van der Waals surface area contributed by atoms with Gasteiger partial charge in [-0.3, -0.25) is 9.69 Å². The lowest BCUT2D eigenvalue weighted by Gasteiger charge is -2.33. The number of hydrogen-bond donors (Lipinski definition) is 2. The van der Waals surface area contributed by atoms with Gasteiger partial charge >= 0.3 is 0 Å². The molecule has 2 rings (SSSR count). The van der Waals surface area contributed by atoms with Crippen LogP contribution in [0.4, 0.5) is 0 Å². The predicted molar refractivity (Wildman–Crippen MR) is 91.9 cm³/mol. The fourth-order valence-corrected chi connectivity index (χ4v) is 2.69. The SMILES string of the molecule is CC(NC(=O)CN1CCNC[C@H]1C)c1ccc(Br)cc1.Cl. The lowest BCUT2D eigenvalue weighted by molar-refractivity contribution is -0.123. The number of piperazine rings is 1. The van der Waals surface area contributed by atoms with E-state index >= 15 is 0 Å². The molecule has 2 N–H and O–H groups in total. The summed E-state index contributed by atoms with van der Waals surface area (Å²) >= 11 is 3.42. The molecular formula is C15H23BrClN3O. The van der Waals surface area contributed by atoms with E-state index < -0.39 is 0 Å². The van der Waals surface area contributed by atoms with Crippen LogP contribution in [0.1, 0.15) is 25.5 Å². The fourth-order valence-electron chi connectivity index (χ4n) is 2.42. The molecule has 1 amide bonds. The first-order valence-corrected chi connectivity index (χ1v) is 7.85. The number of nitrogens with zero attached hydrogens (tertiary/aromatic N) is 1. The van der Waals surface area contributed by atoms with E-state index in [1.165, 1.54) is 0 Å². The quantitative estimate of drug-likeness (QED) is 0.848. The summed E-state index contributed by atoms with van der Waals surface area (Å²) in [7, 11) is 0. The fraction of sp³-hybridized carbons (Fsp3) is 0.533. The van der Waals surface area contributed by atoms with Gasteiger partial charge in [-0.2, -0.15) is 0 Å². The van der Waals surface area contributed by atoms with Crippen LogP contribution in [0.25, 0.3) is 0 Å². The molecule has 1 fully saturated rings. The van der Waals surface area contributed by atoms with Crippen molar-refractivity contribution in [1.82, 2.24) is 15.5 Å². The van der Waals surface area contributed by atoms with Crippen molar-refractivity contribution in [2.75, 3.05) is 26.2 Å². The highest BCUT2D eigenvalue weighted by Crippen LogP contribution is 2.16. The summed E-state index contributed by atoms with van der Waals surface area (Å²) in [6.45, 7) is 7.49. The molecule has 0 spiro atoms. The number of carbonyl (C=O) groups is 1. The van der Waals surface area contributed by atoms with Crippen LogP contribution in [0.5, 0.6) is 0 Å². The van der Waals surface area contributed by atoms with E-state index in [9.17, 15) is 4.79 Å². The molecule has 1 heterocycles. The Morgan fingerprint density at radius 1 is 1.48 bits per heavy atom. The van der Waals surface area contributed by atoms with Gasteiger partial charge in [-0.25, -0.2) is 0 Å². The van der Waals surface area contributed by atoms with Gasteiger partial charge < -0.3 is 10.6 Å². The lowest BCUT2D eigenvalue weighted by atomic mass is 10.1. The second kappa shape index (κ2) is 8.73. The summed E-state index contributed by atoms with van der Waals surface area (Å²) in [5, 5.41) is 6.40. The Bertz CT molecular complexity index is 455. The highest BCUT2D eigenvalue weighted by molar-refractivity contribution is 9.10. The minimum Gasteiger partial charge on any atom is -0.348 e. The van der Waals surface area contributed by atoms with Gasteiger partial charge in [0.2, 0.25) is 5.91 Å². The number of rotatable bonds is 4. The standard InChI is InChI=1S/C15H22BrN3O.ClH/c1-11-9-17-7-8-19(11)10-15(20)18-12(2)13-3-5-14(16)6-4-13;/h3-6,11-12,17H,7-10H2,1-2H3,(H,18,20);1H/t11-,12?;/m1./s1. The first kappa shape index (κ1) is 18.4. The van der Waals surface area contributed by atoms with Crippen molar-refractivity contribution in [3.05, 3.63) is 34.3 Å². The molecule has 0 radical (unpaired) electrons. The Balaban J connectivity index is 0.00000220. The summed E-state index contributed by atoms with van der Waals surface area (Å²) in [5.41, 5.74) is 1.12. The van der Waals surface area contributed by atoms with Crippen LogP contribution in [0, 0.1) is 0 Å². The average molecular weight is 377 g/mol. The first-order chi connectivity index (χ1) is 9.56. The van der Waals surface area contributed by atoms with E-state index in [-0.39, 0.29) is 24.4 Å². The summed E-state index contributed by atoms with van der Waals surface area (Å²) in [5.74, 6) is 0.0918. The molecule has 1 unspecified atom stereocenters. The minimum atomic E-state index is 0. The molecule has 1 aromatic rings. The Hall–Kier alpha value is -0.620. The van der Waals surface area contributed by atoms with Crippen LogP contribution >= 0.6 is 28.3 Å². The third-order valence-electron chi connectivity index (χ3n) is 3.73. The highest BCUT2D eigenvalue weighted by atomic mass is 79.9. The Morgan fingerprint density at radius 3 is 2.76 bits per heavy atom. The van der Waals surface area contributed by atoms with Crippen molar-refractivity contribution < 1.29 is 4.79 Å². The molecule has 0 saturated carbocycles. The molecule has 1 saturated heterocycles. The van der Waals surface area contributed by atoms with Crippen LogP contribution in [0.2, 0.25) is 0 Å². The molecule has 1 aromatic carbocycles. The second-order valence-corrected chi connectivity index (χ2v) is 6.28. The van der Waals surface area contributed by atoms with E-state index in [0.29, 0.717) is 12.6 Å². The van der Waals surface area contributed by atoms with Crippen molar-refractivity contribution in [1.29, 1.82) is 0 Å². The molecule has 118 valence electrons. The Morgan fingerprint density at radius 2 is 2.14 bits per heavy atom.